The fraction of sp³-hybridized carbons (Fsp3) is 0.444. The lowest BCUT2D eigenvalue weighted by Crippen LogP contribution is -2.38. The zero-order chi connectivity index (χ0) is 9.90. The molecule has 0 saturated heterocycles. The quantitative estimate of drug-likeness (QED) is 0.763. The van der Waals surface area contributed by atoms with Gasteiger partial charge in [0.05, 0.1) is 18.3 Å². The molecule has 1 heterocycles. The molecule has 1 aromatic rings. The van der Waals surface area contributed by atoms with Gasteiger partial charge in [-0.1, -0.05) is 0 Å². The third-order valence-corrected chi connectivity index (χ3v) is 1.83. The summed E-state index contributed by atoms with van der Waals surface area (Å²) in [5, 5.41) is 0. The molecule has 0 aliphatic rings. The van der Waals surface area contributed by atoms with E-state index in [0.717, 1.165) is 6.20 Å². The first-order chi connectivity index (χ1) is 6.08. The van der Waals surface area contributed by atoms with Gasteiger partial charge in [0.15, 0.2) is 0 Å². The van der Waals surface area contributed by atoms with Gasteiger partial charge in [-0.2, -0.15) is 0 Å². The molecule has 0 aliphatic carbocycles. The van der Waals surface area contributed by atoms with Gasteiger partial charge in [-0.3, -0.25) is 4.98 Å². The third-order valence-electron chi connectivity index (χ3n) is 1.83. The van der Waals surface area contributed by atoms with Crippen molar-refractivity contribution in [1.29, 1.82) is 0 Å². The Morgan fingerprint density at radius 2 is 2.38 bits per heavy atom. The number of pyridine rings is 1. The van der Waals surface area contributed by atoms with E-state index in [1.165, 1.54) is 13.3 Å². The van der Waals surface area contributed by atoms with E-state index < -0.39 is 11.4 Å². The van der Waals surface area contributed by atoms with Gasteiger partial charge >= 0.3 is 0 Å². The molecular formula is C9H13FN2O. The van der Waals surface area contributed by atoms with Crippen LogP contribution in [0, 0.1) is 5.82 Å². The van der Waals surface area contributed by atoms with Crippen LogP contribution in [0.5, 0.6) is 0 Å². The molecule has 4 heteroatoms. The molecule has 0 amide bonds. The van der Waals surface area contributed by atoms with Crippen LogP contribution >= 0.6 is 0 Å². The fourth-order valence-corrected chi connectivity index (χ4v) is 1.22. The van der Waals surface area contributed by atoms with Crippen molar-refractivity contribution in [3.8, 4) is 0 Å². The maximum Gasteiger partial charge on any atom is 0.146 e. The molecule has 0 aliphatic heterocycles. The molecule has 1 aromatic heterocycles. The highest BCUT2D eigenvalue weighted by Crippen LogP contribution is 2.19. The fourth-order valence-electron chi connectivity index (χ4n) is 1.22. The second-order valence-electron chi connectivity index (χ2n) is 3.21. The van der Waals surface area contributed by atoms with E-state index in [2.05, 4.69) is 4.98 Å². The van der Waals surface area contributed by atoms with Crippen LogP contribution in [0.15, 0.2) is 18.5 Å². The number of methoxy groups -OCH3 is 1. The molecule has 72 valence electrons. The zero-order valence-corrected chi connectivity index (χ0v) is 7.75. The molecule has 13 heavy (non-hydrogen) atoms. The molecule has 1 unspecified atom stereocenters. The van der Waals surface area contributed by atoms with Gasteiger partial charge in [0.25, 0.3) is 0 Å². The lowest BCUT2D eigenvalue weighted by atomic mass is 9.95. The number of halogens is 1. The van der Waals surface area contributed by atoms with Crippen molar-refractivity contribution in [2.24, 2.45) is 5.73 Å². The van der Waals surface area contributed by atoms with Gasteiger partial charge in [0.1, 0.15) is 5.82 Å². The highest BCUT2D eigenvalue weighted by molar-refractivity contribution is 5.21. The molecule has 0 fully saturated rings. The molecule has 1 atom stereocenters. The van der Waals surface area contributed by atoms with Crippen LogP contribution < -0.4 is 5.73 Å². The lowest BCUT2D eigenvalue weighted by Gasteiger charge is -2.24. The SMILES string of the molecule is COCC(C)(N)c1ccncc1F. The normalized spacial score (nSPS) is 15.4. The number of aromatic nitrogens is 1. The Kier molecular flexibility index (Phi) is 2.95. The minimum Gasteiger partial charge on any atom is -0.382 e. The van der Waals surface area contributed by atoms with Crippen LogP contribution in [-0.4, -0.2) is 18.7 Å². The van der Waals surface area contributed by atoms with Crippen LogP contribution in [0.2, 0.25) is 0 Å². The maximum atomic E-state index is 13.2. The molecule has 0 aromatic carbocycles. The molecule has 3 nitrogen and oxygen atoms in total. The van der Waals surface area contributed by atoms with Gasteiger partial charge in [0.2, 0.25) is 0 Å². The number of ether oxygens (including phenoxy) is 1. The average Bonchev–Trinajstić information content (AvgIpc) is 2.04. The molecule has 0 bridgehead atoms. The van der Waals surface area contributed by atoms with E-state index in [9.17, 15) is 4.39 Å². The molecule has 0 saturated carbocycles. The van der Waals surface area contributed by atoms with Gasteiger partial charge < -0.3 is 10.5 Å². The van der Waals surface area contributed by atoms with Gasteiger partial charge in [-0.05, 0) is 13.0 Å². The summed E-state index contributed by atoms with van der Waals surface area (Å²) >= 11 is 0. The third kappa shape index (κ3) is 2.23. The molecule has 0 spiro atoms. The number of nitrogens with two attached hydrogens (primary N) is 1. The van der Waals surface area contributed by atoms with Gasteiger partial charge in [-0.15, -0.1) is 0 Å². The summed E-state index contributed by atoms with van der Waals surface area (Å²) in [6.45, 7) is 1.99. The average molecular weight is 184 g/mol. The van der Waals surface area contributed by atoms with Crippen LogP contribution in [-0.2, 0) is 10.3 Å². The molecular weight excluding hydrogens is 171 g/mol. The standard InChI is InChI=1S/C9H13FN2O/c1-9(11,6-13-2)7-3-4-12-5-8(7)10/h3-5H,6,11H2,1-2H3. The Morgan fingerprint density at radius 3 is 2.92 bits per heavy atom. The summed E-state index contributed by atoms with van der Waals surface area (Å²) in [6.07, 6.45) is 2.66. The van der Waals surface area contributed by atoms with Crippen molar-refractivity contribution in [3.05, 3.63) is 29.8 Å². The van der Waals surface area contributed by atoms with Crippen LogP contribution in [0.25, 0.3) is 0 Å². The van der Waals surface area contributed by atoms with Crippen molar-refractivity contribution < 1.29 is 9.13 Å². The van der Waals surface area contributed by atoms with Crippen molar-refractivity contribution in [2.45, 2.75) is 12.5 Å². The van der Waals surface area contributed by atoms with Crippen LogP contribution in [0.3, 0.4) is 0 Å². The first-order valence-corrected chi connectivity index (χ1v) is 3.96. The largest absolute Gasteiger partial charge is 0.382 e. The summed E-state index contributed by atoms with van der Waals surface area (Å²) < 4.78 is 18.1. The molecule has 0 radical (unpaired) electrons. The van der Waals surface area contributed by atoms with Gasteiger partial charge in [-0.25, -0.2) is 4.39 Å². The molecule has 1 rings (SSSR count). The smallest absolute Gasteiger partial charge is 0.146 e. The number of hydrogen-bond acceptors (Lipinski definition) is 3. The summed E-state index contributed by atoms with van der Waals surface area (Å²) in [5.74, 6) is -0.399. The van der Waals surface area contributed by atoms with Crippen molar-refractivity contribution in [1.82, 2.24) is 4.98 Å². The topological polar surface area (TPSA) is 48.1 Å². The summed E-state index contributed by atoms with van der Waals surface area (Å²) in [5.41, 5.74) is 5.47. The second-order valence-corrected chi connectivity index (χ2v) is 3.21. The summed E-state index contributed by atoms with van der Waals surface area (Å²) in [7, 11) is 1.53. The summed E-state index contributed by atoms with van der Waals surface area (Å²) in [4.78, 5) is 3.65. The van der Waals surface area contributed by atoms with E-state index >= 15 is 0 Å². The second kappa shape index (κ2) is 3.81. The minimum absolute atomic E-state index is 0.272. The Bertz CT molecular complexity index is 289. The first kappa shape index (κ1) is 10.1. The summed E-state index contributed by atoms with van der Waals surface area (Å²) in [6, 6.07) is 1.56. The predicted molar refractivity (Wildman–Crippen MR) is 47.6 cm³/mol. The highest BCUT2D eigenvalue weighted by Gasteiger charge is 2.24. The van der Waals surface area contributed by atoms with E-state index in [0.29, 0.717) is 5.56 Å². The van der Waals surface area contributed by atoms with E-state index in [1.54, 1.807) is 13.0 Å². The maximum absolute atomic E-state index is 13.2. The van der Waals surface area contributed by atoms with E-state index in [4.69, 9.17) is 10.5 Å². The highest BCUT2D eigenvalue weighted by atomic mass is 19.1. The van der Waals surface area contributed by atoms with E-state index in [1.807, 2.05) is 0 Å². The van der Waals surface area contributed by atoms with E-state index in [-0.39, 0.29) is 6.61 Å². The van der Waals surface area contributed by atoms with Crippen molar-refractivity contribution in [2.75, 3.05) is 13.7 Å². The minimum atomic E-state index is -0.804. The van der Waals surface area contributed by atoms with Crippen molar-refractivity contribution in [3.63, 3.8) is 0 Å². The van der Waals surface area contributed by atoms with Crippen LogP contribution in [0.4, 0.5) is 4.39 Å². The molecule has 2 N–H and O–H groups in total. The number of rotatable bonds is 3. The monoisotopic (exact) mass is 184 g/mol. The van der Waals surface area contributed by atoms with Crippen LogP contribution in [0.1, 0.15) is 12.5 Å². The lowest BCUT2D eigenvalue weighted by molar-refractivity contribution is 0.139. The predicted octanol–water partition coefficient (Wildman–Crippen LogP) is 1.04. The van der Waals surface area contributed by atoms with Crippen molar-refractivity contribution >= 4 is 0 Å². The first-order valence-electron chi connectivity index (χ1n) is 3.96. The Labute approximate surface area is 76.7 Å². The zero-order valence-electron chi connectivity index (χ0n) is 7.75. The number of hydrogen-bond donors (Lipinski definition) is 1. The number of nitrogens with zero attached hydrogens (tertiary/aromatic N) is 1. The Balaban J connectivity index is 2.99. The van der Waals surface area contributed by atoms with Gasteiger partial charge in [0, 0.05) is 18.9 Å². The Morgan fingerprint density at radius 1 is 1.69 bits per heavy atom. The Hall–Kier alpha value is -1.00.